The highest BCUT2D eigenvalue weighted by Gasteiger charge is 2.39. The van der Waals surface area contributed by atoms with Crippen LogP contribution in [0.5, 0.6) is 5.75 Å². The molecule has 4 aromatic rings. The van der Waals surface area contributed by atoms with Gasteiger partial charge in [-0.3, -0.25) is 9.78 Å². The van der Waals surface area contributed by atoms with Crippen molar-refractivity contribution in [3.8, 4) is 5.75 Å². The molecule has 0 spiro atoms. The Morgan fingerprint density at radius 1 is 1.14 bits per heavy atom. The van der Waals surface area contributed by atoms with E-state index in [1.54, 1.807) is 23.4 Å². The van der Waals surface area contributed by atoms with Gasteiger partial charge in [-0.1, -0.05) is 6.07 Å². The number of fused-ring (bicyclic) bond motifs is 4. The third kappa shape index (κ3) is 3.79. The van der Waals surface area contributed by atoms with E-state index in [2.05, 4.69) is 9.97 Å². The number of rotatable bonds is 4. The van der Waals surface area contributed by atoms with Crippen molar-refractivity contribution in [3.63, 3.8) is 0 Å². The molecule has 1 amide bonds. The van der Waals surface area contributed by atoms with Gasteiger partial charge in [-0.15, -0.1) is 0 Å². The molecule has 2 aromatic heterocycles. The molecule has 9 heteroatoms. The number of pyridine rings is 2. The summed E-state index contributed by atoms with van der Waals surface area (Å²) in [5, 5.41) is 2.33. The van der Waals surface area contributed by atoms with E-state index in [0.29, 0.717) is 34.9 Å². The topological polar surface area (TPSA) is 81.3 Å². The Balaban J connectivity index is 1.43. The molecule has 2 aromatic carbocycles. The van der Waals surface area contributed by atoms with Crippen LogP contribution in [0.2, 0.25) is 0 Å². The number of amides is 1. The van der Waals surface area contributed by atoms with Gasteiger partial charge < -0.3 is 15.4 Å². The molecule has 36 heavy (non-hydrogen) atoms. The number of nitrogens with two attached hydrogens (primary N) is 1. The Hall–Kier alpha value is -3.88. The summed E-state index contributed by atoms with van der Waals surface area (Å²) in [5.74, 6) is 0.762. The van der Waals surface area contributed by atoms with Gasteiger partial charge in [0.1, 0.15) is 18.2 Å². The average molecular weight is 493 g/mol. The van der Waals surface area contributed by atoms with Crippen molar-refractivity contribution in [2.45, 2.75) is 32.0 Å². The third-order valence-corrected chi connectivity index (χ3v) is 7.09. The first kappa shape index (κ1) is 22.6. The van der Waals surface area contributed by atoms with Gasteiger partial charge in [0.2, 0.25) is 0 Å². The van der Waals surface area contributed by atoms with Crippen molar-refractivity contribution in [1.82, 2.24) is 14.9 Å². The highest BCUT2D eigenvalue weighted by Crippen LogP contribution is 2.43. The fraction of sp³-hybridized carbons (Fsp3) is 0.296. The molecule has 1 aliphatic carbocycles. The fourth-order valence-electron chi connectivity index (χ4n) is 4.97. The van der Waals surface area contributed by atoms with Gasteiger partial charge in [0.05, 0.1) is 17.1 Å². The van der Waals surface area contributed by atoms with Crippen molar-refractivity contribution in [1.29, 1.82) is 0 Å². The van der Waals surface area contributed by atoms with Crippen molar-refractivity contribution in [3.05, 3.63) is 71.0 Å². The van der Waals surface area contributed by atoms with Gasteiger partial charge >= 0.3 is 6.18 Å². The molecule has 0 unspecified atom stereocenters. The molecule has 1 aliphatic heterocycles. The van der Waals surface area contributed by atoms with Crippen molar-refractivity contribution < 1.29 is 22.7 Å². The zero-order valence-corrected chi connectivity index (χ0v) is 19.5. The predicted molar refractivity (Wildman–Crippen MR) is 130 cm³/mol. The first-order chi connectivity index (χ1) is 17.2. The van der Waals surface area contributed by atoms with E-state index < -0.39 is 17.8 Å². The van der Waals surface area contributed by atoms with Crippen LogP contribution in [0, 0.1) is 12.8 Å². The van der Waals surface area contributed by atoms with Gasteiger partial charge in [-0.25, -0.2) is 4.98 Å². The maximum Gasteiger partial charge on any atom is 0.416 e. The van der Waals surface area contributed by atoms with Gasteiger partial charge in [0.25, 0.3) is 5.91 Å². The highest BCUT2D eigenvalue weighted by molar-refractivity contribution is 6.12. The summed E-state index contributed by atoms with van der Waals surface area (Å²) in [6.45, 7) is 2.49. The number of benzene rings is 2. The number of alkyl halides is 3. The molecule has 2 N–H and O–H groups in total. The highest BCUT2D eigenvalue weighted by atomic mass is 19.4. The Bertz CT molecular complexity index is 1530. The Morgan fingerprint density at radius 2 is 1.94 bits per heavy atom. The van der Waals surface area contributed by atoms with Crippen molar-refractivity contribution in [2.24, 2.45) is 5.92 Å². The number of aromatic nitrogens is 2. The number of carbonyl (C=O) groups is 1. The van der Waals surface area contributed by atoms with Crippen LogP contribution in [0.15, 0.2) is 48.8 Å². The number of carbonyl (C=O) groups excluding carboxylic acids is 1. The molecule has 0 saturated heterocycles. The fourth-order valence-corrected chi connectivity index (χ4v) is 4.97. The van der Waals surface area contributed by atoms with Crippen LogP contribution < -0.4 is 10.5 Å². The van der Waals surface area contributed by atoms with Crippen molar-refractivity contribution in [2.75, 3.05) is 18.9 Å². The second-order valence-electron chi connectivity index (χ2n) is 9.58. The van der Waals surface area contributed by atoms with Gasteiger partial charge in [0.15, 0.2) is 0 Å². The van der Waals surface area contributed by atoms with E-state index in [4.69, 9.17) is 10.5 Å². The molecule has 6 rings (SSSR count). The predicted octanol–water partition coefficient (Wildman–Crippen LogP) is 5.68. The maximum absolute atomic E-state index is 14.0. The van der Waals surface area contributed by atoms with E-state index >= 15 is 0 Å². The zero-order valence-electron chi connectivity index (χ0n) is 19.5. The van der Waals surface area contributed by atoms with Crippen LogP contribution in [-0.2, 0) is 6.18 Å². The second-order valence-corrected chi connectivity index (χ2v) is 9.58. The first-order valence-corrected chi connectivity index (χ1v) is 11.8. The van der Waals surface area contributed by atoms with Crippen LogP contribution in [-0.4, -0.2) is 33.9 Å². The number of anilines is 1. The number of hydrogen-bond donors (Lipinski definition) is 1. The summed E-state index contributed by atoms with van der Waals surface area (Å²) in [6.07, 6.45) is 0.935. The van der Waals surface area contributed by atoms with Crippen LogP contribution in [0.4, 0.5) is 19.0 Å². The number of nitrogens with zero attached hydrogens (tertiary/aromatic N) is 3. The molecule has 2 aliphatic rings. The first-order valence-electron chi connectivity index (χ1n) is 11.8. The molecule has 0 bridgehead atoms. The largest absolute Gasteiger partial charge is 0.491 e. The molecule has 1 saturated carbocycles. The lowest BCUT2D eigenvalue weighted by Crippen LogP contribution is -2.37. The minimum atomic E-state index is -4.46. The zero-order chi connectivity index (χ0) is 25.2. The quantitative estimate of drug-likeness (QED) is 0.371. The van der Waals surface area contributed by atoms with E-state index in [0.717, 1.165) is 46.7 Å². The normalized spacial score (nSPS) is 17.3. The number of halogens is 3. The summed E-state index contributed by atoms with van der Waals surface area (Å²) in [5.41, 5.74) is 7.91. The lowest BCUT2D eigenvalue weighted by atomic mass is 9.98. The van der Waals surface area contributed by atoms with Crippen LogP contribution in [0.1, 0.15) is 45.9 Å². The Labute approximate surface area is 204 Å². The summed E-state index contributed by atoms with van der Waals surface area (Å²) in [7, 11) is 0. The molecule has 184 valence electrons. The van der Waals surface area contributed by atoms with E-state index in [-0.39, 0.29) is 18.3 Å². The van der Waals surface area contributed by atoms with E-state index in [1.807, 2.05) is 19.1 Å². The van der Waals surface area contributed by atoms with Crippen molar-refractivity contribution >= 4 is 33.4 Å². The Kier molecular flexibility index (Phi) is 5.07. The smallest absolute Gasteiger partial charge is 0.416 e. The van der Waals surface area contributed by atoms with Crippen LogP contribution >= 0.6 is 0 Å². The minimum Gasteiger partial charge on any atom is -0.491 e. The second kappa shape index (κ2) is 8.08. The molecule has 1 fully saturated rings. The lowest BCUT2D eigenvalue weighted by molar-refractivity contribution is -0.137. The summed E-state index contributed by atoms with van der Waals surface area (Å²) in [6, 6.07) is 8.50. The number of nitrogen functional groups attached to an aromatic ring is 1. The van der Waals surface area contributed by atoms with Crippen LogP contribution in [0.25, 0.3) is 21.7 Å². The molecule has 0 radical (unpaired) electrons. The van der Waals surface area contributed by atoms with E-state index in [1.165, 1.54) is 6.07 Å². The number of ether oxygens (including phenoxy) is 1. The lowest BCUT2D eigenvalue weighted by Gasteiger charge is -2.29. The minimum absolute atomic E-state index is 0.118. The average Bonchev–Trinajstić information content (AvgIpc) is 3.58. The van der Waals surface area contributed by atoms with E-state index in [9.17, 15) is 18.0 Å². The standard InChI is InChI=1S/C27H23F3N4O2/c1-14-8-22-20(21-11-32-7-6-17(21)25(31)33-22)10-19(14)26(35)34(12-15-2-3-15)23-13-36-24-9-16(27(28,29)30)4-5-18(23)24/h4-11,15,23H,2-3,12-13H2,1H3,(H2,31,33)/t23-/m1/s1. The van der Waals surface area contributed by atoms with Gasteiger partial charge in [0, 0.05) is 46.2 Å². The molecular formula is C27H23F3N4O2. The Morgan fingerprint density at radius 3 is 2.69 bits per heavy atom. The third-order valence-electron chi connectivity index (χ3n) is 7.09. The number of aryl methyl sites for hydroxylation is 1. The maximum atomic E-state index is 14.0. The van der Waals surface area contributed by atoms with Crippen LogP contribution in [0.3, 0.4) is 0 Å². The van der Waals surface area contributed by atoms with Gasteiger partial charge in [-0.05, 0) is 61.6 Å². The summed E-state index contributed by atoms with van der Waals surface area (Å²) < 4.78 is 45.3. The molecule has 6 nitrogen and oxygen atoms in total. The number of hydrogen-bond acceptors (Lipinski definition) is 5. The summed E-state index contributed by atoms with van der Waals surface area (Å²) in [4.78, 5) is 24.5. The van der Waals surface area contributed by atoms with Gasteiger partial charge in [-0.2, -0.15) is 13.2 Å². The molecule has 1 atom stereocenters. The monoisotopic (exact) mass is 492 g/mol. The molecular weight excluding hydrogens is 469 g/mol. The molecule has 3 heterocycles. The summed E-state index contributed by atoms with van der Waals surface area (Å²) >= 11 is 0. The SMILES string of the molecule is Cc1cc2nc(N)c3ccncc3c2cc1C(=O)N(CC1CC1)[C@@H]1COc2cc(C(F)(F)F)ccc21.